The summed E-state index contributed by atoms with van der Waals surface area (Å²) in [6, 6.07) is 9.42. The van der Waals surface area contributed by atoms with Crippen molar-refractivity contribution in [3.63, 3.8) is 0 Å². The molecule has 2 unspecified atom stereocenters. The van der Waals surface area contributed by atoms with Gasteiger partial charge >= 0.3 is 0 Å². The number of para-hydroxylation sites is 1. The summed E-state index contributed by atoms with van der Waals surface area (Å²) in [5.74, 6) is 0.546. The molecule has 9 heteroatoms. The van der Waals surface area contributed by atoms with Crippen LogP contribution in [0.15, 0.2) is 24.3 Å². The highest BCUT2D eigenvalue weighted by molar-refractivity contribution is 7.91. The summed E-state index contributed by atoms with van der Waals surface area (Å²) in [4.78, 5) is 18.1. The second kappa shape index (κ2) is 9.24. The average Bonchev–Trinajstić information content (AvgIpc) is 3.43. The number of carbonyl (C=O) groups is 1. The topological polar surface area (TPSA) is 87.5 Å². The van der Waals surface area contributed by atoms with E-state index in [1.807, 2.05) is 28.9 Å². The molecule has 1 aromatic carbocycles. The minimum atomic E-state index is -2.85. The van der Waals surface area contributed by atoms with Crippen molar-refractivity contribution in [1.82, 2.24) is 24.9 Å². The molecule has 34 heavy (non-hydrogen) atoms. The number of piperidine rings is 1. The SMILES string of the molecule is CC(C)n1nc(C(=O)NC2C[C@H]3CC[C@@H](C2)N3CCN(C)C2CCS(=O)(=O)C2)c2ccccc21. The number of benzene rings is 1. The lowest BCUT2D eigenvalue weighted by atomic mass is 9.97. The fraction of sp³-hybridized carbons (Fsp3) is 0.680. The number of rotatable bonds is 7. The van der Waals surface area contributed by atoms with E-state index in [4.69, 9.17) is 0 Å². The molecule has 186 valence electrons. The normalized spacial score (nSPS) is 28.9. The zero-order chi connectivity index (χ0) is 24.0. The molecule has 3 fully saturated rings. The first-order valence-corrected chi connectivity index (χ1v) is 14.5. The highest BCUT2D eigenvalue weighted by atomic mass is 32.2. The molecule has 4 heterocycles. The van der Waals surface area contributed by atoms with E-state index in [1.54, 1.807) is 0 Å². The smallest absolute Gasteiger partial charge is 0.272 e. The number of hydrogen-bond donors (Lipinski definition) is 1. The zero-order valence-corrected chi connectivity index (χ0v) is 21.3. The summed E-state index contributed by atoms with van der Waals surface area (Å²) in [5.41, 5.74) is 1.52. The third-order valence-electron chi connectivity index (χ3n) is 8.08. The van der Waals surface area contributed by atoms with Crippen LogP contribution < -0.4 is 5.32 Å². The van der Waals surface area contributed by atoms with Crippen molar-refractivity contribution in [2.45, 2.75) is 76.2 Å². The van der Waals surface area contributed by atoms with Gasteiger partial charge in [0.25, 0.3) is 5.91 Å². The lowest BCUT2D eigenvalue weighted by Gasteiger charge is -2.40. The molecule has 1 N–H and O–H groups in total. The second-order valence-corrected chi connectivity index (χ2v) is 12.9. The fourth-order valence-electron chi connectivity index (χ4n) is 6.24. The Hall–Kier alpha value is -1.97. The molecule has 1 amide bonds. The second-order valence-electron chi connectivity index (χ2n) is 10.7. The van der Waals surface area contributed by atoms with Crippen molar-refractivity contribution >= 4 is 26.6 Å². The maximum absolute atomic E-state index is 13.2. The quantitative estimate of drug-likeness (QED) is 0.646. The van der Waals surface area contributed by atoms with Gasteiger partial charge in [-0.2, -0.15) is 5.10 Å². The largest absolute Gasteiger partial charge is 0.348 e. The van der Waals surface area contributed by atoms with Crippen LogP contribution in [0.25, 0.3) is 10.9 Å². The number of hydrogen-bond acceptors (Lipinski definition) is 6. The van der Waals surface area contributed by atoms with Crippen LogP contribution >= 0.6 is 0 Å². The summed E-state index contributed by atoms with van der Waals surface area (Å²) >= 11 is 0. The van der Waals surface area contributed by atoms with Gasteiger partial charge in [-0.25, -0.2) is 8.42 Å². The van der Waals surface area contributed by atoms with Gasteiger partial charge in [-0.1, -0.05) is 18.2 Å². The Morgan fingerprint density at radius 3 is 2.53 bits per heavy atom. The van der Waals surface area contributed by atoms with Crippen molar-refractivity contribution in [1.29, 1.82) is 0 Å². The van der Waals surface area contributed by atoms with Crippen molar-refractivity contribution in [2.24, 2.45) is 0 Å². The maximum Gasteiger partial charge on any atom is 0.272 e. The van der Waals surface area contributed by atoms with Crippen LogP contribution in [0.3, 0.4) is 0 Å². The van der Waals surface area contributed by atoms with E-state index in [1.165, 1.54) is 12.8 Å². The molecule has 5 rings (SSSR count). The van der Waals surface area contributed by atoms with E-state index < -0.39 is 9.84 Å². The summed E-state index contributed by atoms with van der Waals surface area (Å²) in [6.07, 6.45) is 5.02. The zero-order valence-electron chi connectivity index (χ0n) is 20.5. The number of sulfone groups is 1. The monoisotopic (exact) mass is 487 g/mol. The molecular weight excluding hydrogens is 450 g/mol. The molecular formula is C25H37N5O3S. The minimum Gasteiger partial charge on any atom is -0.348 e. The van der Waals surface area contributed by atoms with E-state index in [0.29, 0.717) is 29.3 Å². The molecule has 0 spiro atoms. The Labute approximate surface area is 202 Å². The Morgan fingerprint density at radius 1 is 1.18 bits per heavy atom. The molecule has 4 atom stereocenters. The molecule has 0 radical (unpaired) electrons. The van der Waals surface area contributed by atoms with Gasteiger partial charge in [-0.15, -0.1) is 0 Å². The molecule has 0 saturated carbocycles. The van der Waals surface area contributed by atoms with Crippen LogP contribution in [0, 0.1) is 0 Å². The predicted molar refractivity (Wildman–Crippen MR) is 134 cm³/mol. The molecule has 8 nitrogen and oxygen atoms in total. The summed E-state index contributed by atoms with van der Waals surface area (Å²) < 4.78 is 25.6. The molecule has 0 aliphatic carbocycles. The van der Waals surface area contributed by atoms with Crippen molar-refractivity contribution in [2.75, 3.05) is 31.6 Å². The Morgan fingerprint density at radius 2 is 1.88 bits per heavy atom. The minimum absolute atomic E-state index is 0.0735. The van der Waals surface area contributed by atoms with E-state index in [2.05, 4.69) is 41.1 Å². The van der Waals surface area contributed by atoms with Crippen molar-refractivity contribution in [3.05, 3.63) is 30.0 Å². The summed E-state index contributed by atoms with van der Waals surface area (Å²) in [6.45, 7) is 6.02. The lowest BCUT2D eigenvalue weighted by Crippen LogP contribution is -2.52. The highest BCUT2D eigenvalue weighted by Gasteiger charge is 2.41. The maximum atomic E-state index is 13.2. The standard InChI is InChI=1S/C25H37N5O3S/c1-17(2)30-23-7-5-4-6-22(23)24(27-30)25(31)26-18-14-19-8-9-20(15-18)29(19)12-11-28(3)21-10-13-34(32,33)16-21/h4-7,17-21H,8-16H2,1-3H3,(H,26,31)/t18?,19-,20+,21?. The van der Waals surface area contributed by atoms with E-state index in [9.17, 15) is 13.2 Å². The Balaban J connectivity index is 1.20. The van der Waals surface area contributed by atoms with Gasteiger partial charge in [-0.05, 0) is 59.1 Å². The van der Waals surface area contributed by atoms with Crippen LogP contribution in [0.2, 0.25) is 0 Å². The molecule has 1 aromatic heterocycles. The molecule has 3 aliphatic rings. The van der Waals surface area contributed by atoms with Gasteiger partial charge in [0, 0.05) is 48.7 Å². The summed E-state index contributed by atoms with van der Waals surface area (Å²) in [5, 5.41) is 8.87. The van der Waals surface area contributed by atoms with Crippen molar-refractivity contribution < 1.29 is 13.2 Å². The van der Waals surface area contributed by atoms with E-state index >= 15 is 0 Å². The van der Waals surface area contributed by atoms with Gasteiger partial charge in [-0.3, -0.25) is 14.4 Å². The van der Waals surface area contributed by atoms with Crippen LogP contribution in [-0.4, -0.2) is 89.7 Å². The van der Waals surface area contributed by atoms with Gasteiger partial charge in [0.2, 0.25) is 0 Å². The third kappa shape index (κ3) is 4.62. The molecule has 3 aliphatic heterocycles. The number of aromatic nitrogens is 2. The summed E-state index contributed by atoms with van der Waals surface area (Å²) in [7, 11) is -0.797. The average molecular weight is 488 g/mol. The fourth-order valence-corrected chi connectivity index (χ4v) is 8.05. The number of likely N-dealkylation sites (N-methyl/N-ethyl adjacent to an activating group) is 1. The Kier molecular flexibility index (Phi) is 6.46. The molecule has 3 saturated heterocycles. The van der Waals surface area contributed by atoms with Gasteiger partial charge < -0.3 is 10.2 Å². The number of nitrogens with zero attached hydrogens (tertiary/aromatic N) is 4. The number of carbonyl (C=O) groups excluding carboxylic acids is 1. The van der Waals surface area contributed by atoms with Crippen molar-refractivity contribution in [3.8, 4) is 0 Å². The first-order valence-electron chi connectivity index (χ1n) is 12.7. The molecule has 2 aromatic rings. The number of fused-ring (bicyclic) bond motifs is 3. The number of nitrogens with one attached hydrogen (secondary N) is 1. The van der Waals surface area contributed by atoms with Gasteiger partial charge in [0.05, 0.1) is 17.0 Å². The van der Waals surface area contributed by atoms with E-state index in [-0.39, 0.29) is 24.0 Å². The van der Waals surface area contributed by atoms with Crippen LogP contribution in [0.4, 0.5) is 0 Å². The predicted octanol–water partition coefficient (Wildman–Crippen LogP) is 2.46. The first kappa shape index (κ1) is 23.8. The van der Waals surface area contributed by atoms with Crippen LogP contribution in [0.5, 0.6) is 0 Å². The van der Waals surface area contributed by atoms with Crippen LogP contribution in [0.1, 0.15) is 62.5 Å². The molecule has 2 bridgehead atoms. The van der Waals surface area contributed by atoms with Gasteiger partial charge in [0.15, 0.2) is 15.5 Å². The van der Waals surface area contributed by atoms with E-state index in [0.717, 1.165) is 43.3 Å². The number of amides is 1. The van der Waals surface area contributed by atoms with Gasteiger partial charge in [0.1, 0.15) is 0 Å². The highest BCUT2D eigenvalue weighted by Crippen LogP contribution is 2.36. The van der Waals surface area contributed by atoms with Crippen LogP contribution in [-0.2, 0) is 9.84 Å². The Bertz CT molecular complexity index is 1150. The third-order valence-corrected chi connectivity index (χ3v) is 9.83. The lowest BCUT2D eigenvalue weighted by molar-refractivity contribution is 0.0803. The first-order chi connectivity index (χ1) is 16.2.